The van der Waals surface area contributed by atoms with Gasteiger partial charge in [-0.2, -0.15) is 13.2 Å². The van der Waals surface area contributed by atoms with E-state index in [9.17, 15) is 22.8 Å². The van der Waals surface area contributed by atoms with Gasteiger partial charge in [-0.1, -0.05) is 24.3 Å². The molecule has 0 spiro atoms. The van der Waals surface area contributed by atoms with E-state index < -0.39 is 11.7 Å². The number of nitrogens with zero attached hydrogens (tertiary/aromatic N) is 2. The number of hydrogen-bond acceptors (Lipinski definition) is 5. The topological polar surface area (TPSA) is 62.3 Å². The first-order chi connectivity index (χ1) is 13.7. The molecule has 3 aromatic rings. The number of likely N-dealkylation sites (N-methyl/N-ethyl adjacent to an activating group) is 1. The maximum Gasteiger partial charge on any atom is 0.416 e. The van der Waals surface area contributed by atoms with E-state index in [0.29, 0.717) is 15.7 Å². The second-order valence-electron chi connectivity index (χ2n) is 6.16. The summed E-state index contributed by atoms with van der Waals surface area (Å²) in [6.45, 7) is -0.166. The summed E-state index contributed by atoms with van der Waals surface area (Å²) >= 11 is 2.48. The summed E-state index contributed by atoms with van der Waals surface area (Å²) in [5.74, 6) is -0.656. The Hall–Kier alpha value is -2.72. The molecule has 0 bridgehead atoms. The lowest BCUT2D eigenvalue weighted by Gasteiger charge is -2.20. The van der Waals surface area contributed by atoms with Gasteiger partial charge in [0.1, 0.15) is 0 Å². The molecule has 2 amide bonds. The first kappa shape index (κ1) is 21.0. The number of thiophene rings is 1. The van der Waals surface area contributed by atoms with Crippen LogP contribution in [0.2, 0.25) is 0 Å². The maximum absolute atomic E-state index is 13.1. The number of carbonyl (C=O) groups is 2. The summed E-state index contributed by atoms with van der Waals surface area (Å²) in [6, 6.07) is 8.62. The number of amides is 2. The van der Waals surface area contributed by atoms with Gasteiger partial charge >= 0.3 is 6.18 Å². The smallest absolute Gasteiger partial charge is 0.341 e. The van der Waals surface area contributed by atoms with Gasteiger partial charge in [0.05, 0.1) is 22.6 Å². The number of hydrogen-bond donors (Lipinski definition) is 1. The Morgan fingerprint density at radius 1 is 1.14 bits per heavy atom. The average Bonchev–Trinajstić information content (AvgIpc) is 3.33. The van der Waals surface area contributed by atoms with Crippen molar-refractivity contribution >= 4 is 39.6 Å². The van der Waals surface area contributed by atoms with Crippen LogP contribution in [0.5, 0.6) is 0 Å². The number of anilines is 1. The lowest BCUT2D eigenvalue weighted by atomic mass is 10.1. The fourth-order valence-corrected chi connectivity index (χ4v) is 3.90. The van der Waals surface area contributed by atoms with E-state index in [1.54, 1.807) is 22.9 Å². The number of thiazole rings is 1. The molecule has 2 aromatic heterocycles. The van der Waals surface area contributed by atoms with Gasteiger partial charge in [-0.05, 0) is 23.1 Å². The lowest BCUT2D eigenvalue weighted by Crippen LogP contribution is -2.29. The van der Waals surface area contributed by atoms with Gasteiger partial charge in [-0.25, -0.2) is 4.98 Å². The van der Waals surface area contributed by atoms with Crippen LogP contribution in [0.3, 0.4) is 0 Å². The largest absolute Gasteiger partial charge is 0.416 e. The van der Waals surface area contributed by atoms with Crippen LogP contribution in [0.1, 0.15) is 26.5 Å². The van der Waals surface area contributed by atoms with Gasteiger partial charge in [-0.3, -0.25) is 14.9 Å². The van der Waals surface area contributed by atoms with Crippen LogP contribution < -0.4 is 5.32 Å². The summed E-state index contributed by atoms with van der Waals surface area (Å²) in [5.41, 5.74) is -0.289. The number of halogens is 3. The van der Waals surface area contributed by atoms with Crippen LogP contribution in [0, 0.1) is 0 Å². The molecule has 0 saturated carbocycles. The SMILES string of the molecule is CN(Cc1ccccc1C(F)(F)F)C(=O)Cc1csc(NC(=O)c2cccs2)n1. The molecule has 3 rings (SSSR count). The quantitative estimate of drug-likeness (QED) is 0.607. The zero-order valence-corrected chi connectivity index (χ0v) is 16.8. The Morgan fingerprint density at radius 3 is 2.59 bits per heavy atom. The maximum atomic E-state index is 13.1. The van der Waals surface area contributed by atoms with Crippen molar-refractivity contribution in [2.24, 2.45) is 0 Å². The third-order valence-corrected chi connectivity index (χ3v) is 5.68. The van der Waals surface area contributed by atoms with Crippen LogP contribution in [0.15, 0.2) is 47.2 Å². The molecule has 0 radical (unpaired) electrons. The summed E-state index contributed by atoms with van der Waals surface area (Å²) in [4.78, 5) is 30.4. The van der Waals surface area contributed by atoms with E-state index in [-0.39, 0.29) is 30.3 Å². The van der Waals surface area contributed by atoms with Crippen LogP contribution in [0.4, 0.5) is 18.3 Å². The second-order valence-corrected chi connectivity index (χ2v) is 7.96. The predicted molar refractivity (Wildman–Crippen MR) is 106 cm³/mol. The summed E-state index contributed by atoms with van der Waals surface area (Å²) < 4.78 is 39.3. The number of nitrogens with one attached hydrogen (secondary N) is 1. The summed E-state index contributed by atoms with van der Waals surface area (Å²) in [5, 5.41) is 6.44. The highest BCUT2D eigenvalue weighted by Crippen LogP contribution is 2.32. The highest BCUT2D eigenvalue weighted by molar-refractivity contribution is 7.14. The van der Waals surface area contributed by atoms with Crippen molar-refractivity contribution in [3.05, 3.63) is 68.9 Å². The third kappa shape index (κ3) is 5.42. The standard InChI is InChI=1S/C19H16F3N3O2S2/c1-25(10-12-5-2-3-6-14(12)19(20,21)22)16(26)9-13-11-29-18(23-13)24-17(27)15-7-4-8-28-15/h2-8,11H,9-10H2,1H3,(H,23,24,27). The van der Waals surface area contributed by atoms with Crippen molar-refractivity contribution in [2.45, 2.75) is 19.1 Å². The molecule has 2 heterocycles. The lowest BCUT2D eigenvalue weighted by molar-refractivity contribution is -0.139. The van der Waals surface area contributed by atoms with E-state index in [4.69, 9.17) is 0 Å². The average molecular weight is 439 g/mol. The highest BCUT2D eigenvalue weighted by Gasteiger charge is 2.33. The number of carbonyl (C=O) groups excluding carboxylic acids is 2. The van der Waals surface area contributed by atoms with Crippen LogP contribution >= 0.6 is 22.7 Å². The van der Waals surface area contributed by atoms with Crippen molar-refractivity contribution in [3.63, 3.8) is 0 Å². The first-order valence-electron chi connectivity index (χ1n) is 8.42. The Bertz CT molecular complexity index is 1000. The fraction of sp³-hybridized carbons (Fsp3) is 0.211. The van der Waals surface area contributed by atoms with E-state index in [1.165, 1.54) is 52.8 Å². The molecule has 10 heteroatoms. The Labute approximate surface area is 172 Å². The van der Waals surface area contributed by atoms with Crippen LogP contribution in [-0.4, -0.2) is 28.7 Å². The van der Waals surface area contributed by atoms with Crippen molar-refractivity contribution in [2.75, 3.05) is 12.4 Å². The van der Waals surface area contributed by atoms with Crippen molar-refractivity contribution in [1.29, 1.82) is 0 Å². The molecular formula is C19H16F3N3O2S2. The van der Waals surface area contributed by atoms with E-state index >= 15 is 0 Å². The van der Waals surface area contributed by atoms with Gasteiger partial charge in [0.25, 0.3) is 5.91 Å². The van der Waals surface area contributed by atoms with Crippen molar-refractivity contribution < 1.29 is 22.8 Å². The number of rotatable bonds is 6. The molecule has 29 heavy (non-hydrogen) atoms. The molecular weight excluding hydrogens is 423 g/mol. The Kier molecular flexibility index (Phi) is 6.33. The molecule has 0 fully saturated rings. The number of benzene rings is 1. The van der Waals surface area contributed by atoms with Crippen molar-refractivity contribution in [1.82, 2.24) is 9.88 Å². The molecule has 152 valence electrons. The molecule has 0 aliphatic carbocycles. The summed E-state index contributed by atoms with van der Waals surface area (Å²) in [6.07, 6.45) is -4.55. The van der Waals surface area contributed by atoms with E-state index in [1.807, 2.05) is 0 Å². The number of aromatic nitrogens is 1. The first-order valence-corrected chi connectivity index (χ1v) is 10.2. The Balaban J connectivity index is 1.61. The molecule has 5 nitrogen and oxygen atoms in total. The third-order valence-electron chi connectivity index (χ3n) is 4.01. The molecule has 0 aliphatic heterocycles. The molecule has 1 N–H and O–H groups in total. The predicted octanol–water partition coefficient (Wildman–Crippen LogP) is 4.68. The van der Waals surface area contributed by atoms with Gasteiger partial charge in [0.2, 0.25) is 5.91 Å². The molecule has 0 aliphatic rings. The van der Waals surface area contributed by atoms with Crippen LogP contribution in [-0.2, 0) is 23.9 Å². The minimum absolute atomic E-state index is 0.0260. The normalized spacial score (nSPS) is 11.3. The van der Waals surface area contributed by atoms with Gasteiger partial charge in [0, 0.05) is 19.0 Å². The monoisotopic (exact) mass is 439 g/mol. The van der Waals surface area contributed by atoms with Crippen LogP contribution in [0.25, 0.3) is 0 Å². The molecule has 0 atom stereocenters. The van der Waals surface area contributed by atoms with Gasteiger partial charge in [-0.15, -0.1) is 22.7 Å². The zero-order valence-electron chi connectivity index (χ0n) is 15.2. The zero-order chi connectivity index (χ0) is 21.0. The fourth-order valence-electron chi connectivity index (χ4n) is 2.58. The second kappa shape index (κ2) is 8.75. The molecule has 0 saturated heterocycles. The highest BCUT2D eigenvalue weighted by atomic mass is 32.1. The number of alkyl halides is 3. The molecule has 1 aromatic carbocycles. The van der Waals surface area contributed by atoms with E-state index in [2.05, 4.69) is 10.3 Å². The minimum atomic E-state index is -4.48. The Morgan fingerprint density at radius 2 is 1.90 bits per heavy atom. The van der Waals surface area contributed by atoms with Gasteiger partial charge < -0.3 is 4.90 Å². The van der Waals surface area contributed by atoms with Gasteiger partial charge in [0.15, 0.2) is 5.13 Å². The van der Waals surface area contributed by atoms with Crippen molar-refractivity contribution in [3.8, 4) is 0 Å². The van der Waals surface area contributed by atoms with E-state index in [0.717, 1.165) is 6.07 Å². The summed E-state index contributed by atoms with van der Waals surface area (Å²) in [7, 11) is 1.45. The molecule has 0 unspecified atom stereocenters. The minimum Gasteiger partial charge on any atom is -0.341 e.